The number of carbonyl (C=O) groups excluding carboxylic acids is 1. The lowest BCUT2D eigenvalue weighted by Gasteiger charge is -2.43. The van der Waals surface area contributed by atoms with Gasteiger partial charge in [-0.05, 0) is 37.0 Å². The molecule has 0 bridgehead atoms. The summed E-state index contributed by atoms with van der Waals surface area (Å²) in [5.41, 5.74) is 8.44. The van der Waals surface area contributed by atoms with E-state index in [2.05, 4.69) is 19.8 Å². The standard InChI is InChI=1S/C22H29N7O/c23-20-5-4-17(15-24-20)21(30)28-8-6-16-14-25-22(26-19(16)7-9-28)29-12-10-27(11-13-29)18-2-1-3-18/h4-5,14-15,18H,1-3,6-13H2,(H2,23,24). The number of hydrogen-bond acceptors (Lipinski definition) is 7. The first-order valence-corrected chi connectivity index (χ1v) is 11.0. The summed E-state index contributed by atoms with van der Waals surface area (Å²) in [7, 11) is 0. The van der Waals surface area contributed by atoms with Crippen LogP contribution in [0.15, 0.2) is 24.5 Å². The first kappa shape index (κ1) is 19.2. The number of carbonyl (C=O) groups is 1. The normalized spacial score (nSPS) is 20.4. The van der Waals surface area contributed by atoms with Gasteiger partial charge in [0.1, 0.15) is 5.82 Å². The molecule has 1 saturated carbocycles. The van der Waals surface area contributed by atoms with E-state index in [0.717, 1.165) is 62.3 Å². The molecule has 0 radical (unpaired) electrons. The number of piperazine rings is 1. The number of fused-ring (bicyclic) bond motifs is 1. The Hall–Kier alpha value is -2.74. The number of pyridine rings is 1. The fraction of sp³-hybridized carbons (Fsp3) is 0.545. The number of nitrogens with zero attached hydrogens (tertiary/aromatic N) is 6. The number of anilines is 2. The van der Waals surface area contributed by atoms with E-state index in [4.69, 9.17) is 10.7 Å². The van der Waals surface area contributed by atoms with Crippen molar-refractivity contribution in [1.29, 1.82) is 0 Å². The van der Waals surface area contributed by atoms with E-state index in [-0.39, 0.29) is 5.91 Å². The van der Waals surface area contributed by atoms with Crippen LogP contribution < -0.4 is 10.6 Å². The lowest BCUT2D eigenvalue weighted by molar-refractivity contribution is 0.0762. The highest BCUT2D eigenvalue weighted by Crippen LogP contribution is 2.26. The Morgan fingerprint density at radius 3 is 2.47 bits per heavy atom. The lowest BCUT2D eigenvalue weighted by atomic mass is 9.91. The first-order valence-electron chi connectivity index (χ1n) is 11.0. The van der Waals surface area contributed by atoms with Gasteiger partial charge < -0.3 is 15.5 Å². The molecular formula is C22H29N7O. The van der Waals surface area contributed by atoms with Gasteiger partial charge in [-0.25, -0.2) is 15.0 Å². The van der Waals surface area contributed by atoms with Gasteiger partial charge in [-0.3, -0.25) is 9.69 Å². The lowest BCUT2D eigenvalue weighted by Crippen LogP contribution is -2.52. The Kier molecular flexibility index (Phi) is 5.25. The first-order chi connectivity index (χ1) is 14.7. The minimum Gasteiger partial charge on any atom is -0.384 e. The molecule has 1 amide bonds. The predicted octanol–water partition coefficient (Wildman–Crippen LogP) is 1.37. The van der Waals surface area contributed by atoms with Crippen LogP contribution in [0.1, 0.15) is 40.9 Å². The maximum atomic E-state index is 12.8. The minimum absolute atomic E-state index is 0.00407. The molecule has 1 saturated heterocycles. The number of rotatable bonds is 3. The highest BCUT2D eigenvalue weighted by Gasteiger charge is 2.29. The second-order valence-corrected chi connectivity index (χ2v) is 8.51. The van der Waals surface area contributed by atoms with Crippen molar-refractivity contribution in [3.63, 3.8) is 0 Å². The van der Waals surface area contributed by atoms with Crippen molar-refractivity contribution in [2.24, 2.45) is 0 Å². The molecule has 5 rings (SSSR count). The smallest absolute Gasteiger partial charge is 0.255 e. The van der Waals surface area contributed by atoms with Crippen molar-refractivity contribution in [2.45, 2.75) is 38.1 Å². The molecule has 2 N–H and O–H groups in total. The van der Waals surface area contributed by atoms with Crippen LogP contribution in [-0.2, 0) is 12.8 Å². The summed E-state index contributed by atoms with van der Waals surface area (Å²) in [6.07, 6.45) is 9.15. The van der Waals surface area contributed by atoms with Crippen LogP contribution in [0.4, 0.5) is 11.8 Å². The molecular weight excluding hydrogens is 378 g/mol. The Balaban J connectivity index is 1.23. The highest BCUT2D eigenvalue weighted by molar-refractivity contribution is 5.94. The third-order valence-electron chi connectivity index (χ3n) is 6.72. The predicted molar refractivity (Wildman–Crippen MR) is 115 cm³/mol. The average Bonchev–Trinajstić information content (AvgIpc) is 2.95. The molecule has 2 aromatic rings. The molecule has 158 valence electrons. The highest BCUT2D eigenvalue weighted by atomic mass is 16.2. The molecule has 0 aromatic carbocycles. The molecule has 1 aliphatic carbocycles. The zero-order chi connectivity index (χ0) is 20.5. The van der Waals surface area contributed by atoms with Gasteiger partial charge in [-0.1, -0.05) is 6.42 Å². The van der Waals surface area contributed by atoms with Crippen molar-refractivity contribution in [2.75, 3.05) is 49.9 Å². The molecule has 0 unspecified atom stereocenters. The minimum atomic E-state index is -0.00407. The summed E-state index contributed by atoms with van der Waals surface area (Å²) in [4.78, 5) is 33.3. The largest absolute Gasteiger partial charge is 0.384 e. The summed E-state index contributed by atoms with van der Waals surface area (Å²) in [5.74, 6) is 1.26. The van der Waals surface area contributed by atoms with E-state index in [9.17, 15) is 4.79 Å². The number of nitrogens with two attached hydrogens (primary N) is 1. The molecule has 0 spiro atoms. The number of hydrogen-bond donors (Lipinski definition) is 1. The maximum Gasteiger partial charge on any atom is 0.255 e. The van der Waals surface area contributed by atoms with Crippen LogP contribution in [0, 0.1) is 0 Å². The van der Waals surface area contributed by atoms with Gasteiger partial charge in [0.2, 0.25) is 5.95 Å². The third-order valence-corrected chi connectivity index (χ3v) is 6.72. The summed E-state index contributed by atoms with van der Waals surface area (Å²) >= 11 is 0. The third kappa shape index (κ3) is 3.84. The monoisotopic (exact) mass is 407 g/mol. The average molecular weight is 408 g/mol. The van der Waals surface area contributed by atoms with Crippen molar-refractivity contribution in [3.8, 4) is 0 Å². The van der Waals surface area contributed by atoms with E-state index < -0.39 is 0 Å². The Morgan fingerprint density at radius 2 is 1.77 bits per heavy atom. The molecule has 8 nitrogen and oxygen atoms in total. The number of aromatic nitrogens is 3. The van der Waals surface area contributed by atoms with Crippen LogP contribution in [0.2, 0.25) is 0 Å². The summed E-state index contributed by atoms with van der Waals surface area (Å²) in [6, 6.07) is 4.21. The quantitative estimate of drug-likeness (QED) is 0.822. The molecule has 4 heterocycles. The summed E-state index contributed by atoms with van der Waals surface area (Å²) < 4.78 is 0. The molecule has 2 aromatic heterocycles. The molecule has 3 aliphatic rings. The van der Waals surface area contributed by atoms with Gasteiger partial charge >= 0.3 is 0 Å². The van der Waals surface area contributed by atoms with Crippen molar-refractivity contribution in [3.05, 3.63) is 41.3 Å². The summed E-state index contributed by atoms with van der Waals surface area (Å²) in [6.45, 7) is 5.50. The SMILES string of the molecule is Nc1ccc(C(=O)N2CCc3cnc(N4CCN(C5CCC5)CC4)nc3CC2)cn1. The van der Waals surface area contributed by atoms with Crippen molar-refractivity contribution >= 4 is 17.7 Å². The molecule has 2 aliphatic heterocycles. The van der Waals surface area contributed by atoms with Crippen LogP contribution in [0.5, 0.6) is 0 Å². The van der Waals surface area contributed by atoms with E-state index in [1.807, 2.05) is 11.1 Å². The van der Waals surface area contributed by atoms with Crippen molar-refractivity contribution in [1.82, 2.24) is 24.8 Å². The van der Waals surface area contributed by atoms with Crippen LogP contribution in [0.3, 0.4) is 0 Å². The van der Waals surface area contributed by atoms with Gasteiger partial charge in [-0.15, -0.1) is 0 Å². The van der Waals surface area contributed by atoms with Crippen LogP contribution >= 0.6 is 0 Å². The molecule has 0 atom stereocenters. The second-order valence-electron chi connectivity index (χ2n) is 8.51. The fourth-order valence-corrected chi connectivity index (χ4v) is 4.57. The second kappa shape index (κ2) is 8.18. The van der Waals surface area contributed by atoms with Crippen molar-refractivity contribution < 1.29 is 4.79 Å². The zero-order valence-corrected chi connectivity index (χ0v) is 17.3. The maximum absolute atomic E-state index is 12.8. The molecule has 30 heavy (non-hydrogen) atoms. The van der Waals surface area contributed by atoms with E-state index in [1.165, 1.54) is 19.3 Å². The van der Waals surface area contributed by atoms with Crippen LogP contribution in [0.25, 0.3) is 0 Å². The number of nitrogen functional groups attached to an aromatic ring is 1. The Labute approximate surface area is 177 Å². The Morgan fingerprint density at radius 1 is 0.967 bits per heavy atom. The zero-order valence-electron chi connectivity index (χ0n) is 17.3. The van der Waals surface area contributed by atoms with Gasteiger partial charge in [0.15, 0.2) is 0 Å². The van der Waals surface area contributed by atoms with E-state index in [0.29, 0.717) is 24.5 Å². The molecule has 8 heteroatoms. The topological polar surface area (TPSA) is 91.5 Å². The van der Waals surface area contributed by atoms with Gasteiger partial charge in [-0.2, -0.15) is 0 Å². The fourth-order valence-electron chi connectivity index (χ4n) is 4.57. The van der Waals surface area contributed by atoms with Crippen LogP contribution in [-0.4, -0.2) is 76.0 Å². The Bertz CT molecular complexity index is 904. The number of amides is 1. The van der Waals surface area contributed by atoms with Gasteiger partial charge in [0.05, 0.1) is 11.3 Å². The van der Waals surface area contributed by atoms with Gasteiger partial charge in [0.25, 0.3) is 5.91 Å². The van der Waals surface area contributed by atoms with E-state index in [1.54, 1.807) is 18.3 Å². The van der Waals surface area contributed by atoms with E-state index >= 15 is 0 Å². The summed E-state index contributed by atoms with van der Waals surface area (Å²) in [5, 5.41) is 0. The molecule has 2 fully saturated rings. The van der Waals surface area contributed by atoms with Gasteiger partial charge in [0, 0.05) is 64.1 Å².